The van der Waals surface area contributed by atoms with Crippen molar-refractivity contribution in [1.82, 2.24) is 4.98 Å². The quantitative estimate of drug-likeness (QED) is 0.395. The Kier molecular flexibility index (Phi) is 2.22. The van der Waals surface area contributed by atoms with Gasteiger partial charge in [-0.15, -0.1) is 0 Å². The molecule has 0 fully saturated rings. The molecule has 1 aliphatic heterocycles. The third-order valence-electron chi connectivity index (χ3n) is 1.77. The zero-order valence-electron chi connectivity index (χ0n) is 5.72. The van der Waals surface area contributed by atoms with Gasteiger partial charge in [-0.25, -0.2) is 4.98 Å². The van der Waals surface area contributed by atoms with Crippen molar-refractivity contribution in [3.8, 4) is 0 Å². The summed E-state index contributed by atoms with van der Waals surface area (Å²) in [5, 5.41) is 0. The Morgan fingerprint density at radius 2 is 2.36 bits per heavy atom. The normalized spacial score (nSPS) is 15.3. The van der Waals surface area contributed by atoms with Gasteiger partial charge in [0.15, 0.2) is 0 Å². The molecule has 0 spiro atoms. The molecule has 0 N–H and O–H groups in total. The summed E-state index contributed by atoms with van der Waals surface area (Å²) in [5.74, 6) is 0. The minimum Gasteiger partial charge on any atom is -0.313 e. The molecule has 1 aromatic rings. The number of aromatic nitrogens is 1. The van der Waals surface area contributed by atoms with Crippen molar-refractivity contribution in [2.75, 3.05) is 9.66 Å². The summed E-state index contributed by atoms with van der Waals surface area (Å²) in [6, 6.07) is 2.16. The van der Waals surface area contributed by atoms with Crippen LogP contribution in [0, 0.1) is 3.70 Å². The molecule has 0 radical (unpaired) electrons. The van der Waals surface area contributed by atoms with Crippen LogP contribution in [0.3, 0.4) is 0 Å². The molecule has 2 nitrogen and oxygen atoms in total. The monoisotopic (exact) mass is 372 g/mol. The van der Waals surface area contributed by atoms with Gasteiger partial charge in [-0.2, -0.15) is 0 Å². The van der Waals surface area contributed by atoms with Crippen molar-refractivity contribution >= 4 is 51.1 Å². The van der Waals surface area contributed by atoms with Crippen LogP contribution in [-0.2, 0) is 6.42 Å². The maximum Gasteiger partial charge on any atom is 0.101 e. The molecule has 2 rings (SSSR count). The molecule has 58 valence electrons. The second-order valence-electron chi connectivity index (χ2n) is 2.47. The van der Waals surface area contributed by atoms with E-state index in [-0.39, 0.29) is 0 Å². The van der Waals surface area contributed by atoms with E-state index in [0.717, 1.165) is 16.7 Å². The predicted octanol–water partition coefficient (Wildman–Crippen LogP) is 2.40. The van der Waals surface area contributed by atoms with Crippen LogP contribution < -0.4 is 3.11 Å². The minimum absolute atomic E-state index is 1.09. The van der Waals surface area contributed by atoms with E-state index in [2.05, 4.69) is 59.6 Å². The van der Waals surface area contributed by atoms with E-state index in [1.807, 2.05) is 6.20 Å². The highest BCUT2D eigenvalue weighted by molar-refractivity contribution is 14.1. The molecule has 0 bridgehead atoms. The smallest absolute Gasteiger partial charge is 0.101 e. The highest BCUT2D eigenvalue weighted by Gasteiger charge is 2.16. The fourth-order valence-electron chi connectivity index (χ4n) is 1.22. The summed E-state index contributed by atoms with van der Waals surface area (Å²) < 4.78 is 3.31. The van der Waals surface area contributed by atoms with Gasteiger partial charge in [-0.05, 0) is 40.6 Å². The Labute approximate surface area is 93.0 Å². The molecular weight excluding hydrogens is 366 g/mol. The first kappa shape index (κ1) is 8.03. The number of fused-ring (bicyclic) bond motifs is 1. The van der Waals surface area contributed by atoms with Gasteiger partial charge >= 0.3 is 0 Å². The van der Waals surface area contributed by atoms with Crippen molar-refractivity contribution in [1.29, 1.82) is 0 Å². The molecular formula is C7H6I2N2. The molecule has 4 heteroatoms. The highest BCUT2D eigenvalue weighted by atomic mass is 127. The number of nitrogens with zero attached hydrogens (tertiary/aromatic N) is 2. The van der Waals surface area contributed by atoms with Crippen LogP contribution in [0.15, 0.2) is 12.3 Å². The van der Waals surface area contributed by atoms with Gasteiger partial charge in [-0.3, -0.25) is 0 Å². The molecule has 0 aliphatic carbocycles. The lowest BCUT2D eigenvalue weighted by molar-refractivity contribution is 1.07. The zero-order valence-corrected chi connectivity index (χ0v) is 10.0. The Balaban J connectivity index is 2.50. The van der Waals surface area contributed by atoms with Crippen LogP contribution >= 0.6 is 45.5 Å². The Morgan fingerprint density at radius 1 is 1.55 bits per heavy atom. The van der Waals surface area contributed by atoms with Crippen LogP contribution in [0.5, 0.6) is 0 Å². The summed E-state index contributed by atoms with van der Waals surface area (Å²) in [6.07, 6.45) is 3.12. The van der Waals surface area contributed by atoms with Gasteiger partial charge in [-0.1, -0.05) is 0 Å². The first-order valence-corrected chi connectivity index (χ1v) is 5.39. The van der Waals surface area contributed by atoms with E-state index in [1.54, 1.807) is 0 Å². The Morgan fingerprint density at radius 3 is 3.18 bits per heavy atom. The number of pyridine rings is 1. The van der Waals surface area contributed by atoms with E-state index in [9.17, 15) is 0 Å². The fraction of sp³-hybridized carbons (Fsp3) is 0.286. The van der Waals surface area contributed by atoms with Crippen LogP contribution in [0.1, 0.15) is 5.56 Å². The lowest BCUT2D eigenvalue weighted by Crippen LogP contribution is -2.03. The van der Waals surface area contributed by atoms with E-state index in [0.29, 0.717) is 0 Å². The van der Waals surface area contributed by atoms with E-state index in [1.165, 1.54) is 11.3 Å². The van der Waals surface area contributed by atoms with Crippen LogP contribution in [0.2, 0.25) is 0 Å². The van der Waals surface area contributed by atoms with Crippen molar-refractivity contribution in [2.45, 2.75) is 6.42 Å². The third-order valence-corrected chi connectivity index (χ3v) is 3.36. The minimum atomic E-state index is 1.09. The average Bonchev–Trinajstić information content (AvgIpc) is 2.32. The lowest BCUT2D eigenvalue weighted by atomic mass is 10.2. The maximum atomic E-state index is 4.24. The van der Waals surface area contributed by atoms with E-state index < -0.39 is 0 Å². The van der Waals surface area contributed by atoms with Crippen LogP contribution in [-0.4, -0.2) is 11.5 Å². The lowest BCUT2D eigenvalue weighted by Gasteiger charge is -2.07. The number of hydrogen-bond donors (Lipinski definition) is 0. The maximum absolute atomic E-state index is 4.24. The van der Waals surface area contributed by atoms with Crippen molar-refractivity contribution < 1.29 is 0 Å². The molecule has 11 heavy (non-hydrogen) atoms. The molecule has 1 aromatic heterocycles. The van der Waals surface area contributed by atoms with Gasteiger partial charge < -0.3 is 3.11 Å². The third kappa shape index (κ3) is 1.47. The summed E-state index contributed by atoms with van der Waals surface area (Å²) in [5.41, 5.74) is 2.71. The summed E-state index contributed by atoms with van der Waals surface area (Å²) in [7, 11) is 0. The molecule has 0 saturated heterocycles. The highest BCUT2D eigenvalue weighted by Crippen LogP contribution is 2.30. The van der Waals surface area contributed by atoms with Gasteiger partial charge in [0.25, 0.3) is 0 Å². The molecule has 0 saturated carbocycles. The molecule has 0 amide bonds. The second kappa shape index (κ2) is 3.04. The molecule has 0 unspecified atom stereocenters. The van der Waals surface area contributed by atoms with Gasteiger partial charge in [0.05, 0.1) is 34.7 Å². The summed E-state index contributed by atoms with van der Waals surface area (Å²) >= 11 is 4.57. The number of rotatable bonds is 0. The fourth-order valence-corrected chi connectivity index (χ4v) is 2.41. The Hall–Kier alpha value is 0.410. The van der Waals surface area contributed by atoms with Gasteiger partial charge in [0, 0.05) is 6.54 Å². The van der Waals surface area contributed by atoms with Crippen molar-refractivity contribution in [2.24, 2.45) is 0 Å². The van der Waals surface area contributed by atoms with Gasteiger partial charge in [0.1, 0.15) is 3.70 Å². The first-order valence-electron chi connectivity index (χ1n) is 3.35. The number of anilines is 1. The summed E-state index contributed by atoms with van der Waals surface area (Å²) in [6.45, 7) is 1.12. The van der Waals surface area contributed by atoms with Crippen LogP contribution in [0.4, 0.5) is 5.69 Å². The predicted molar refractivity (Wildman–Crippen MR) is 62.0 cm³/mol. The number of halogens is 2. The average molecular weight is 372 g/mol. The van der Waals surface area contributed by atoms with Crippen molar-refractivity contribution in [3.63, 3.8) is 0 Å². The molecule has 0 atom stereocenters. The van der Waals surface area contributed by atoms with Gasteiger partial charge in [0.2, 0.25) is 0 Å². The molecule has 0 aromatic carbocycles. The molecule has 1 aliphatic rings. The topological polar surface area (TPSA) is 16.1 Å². The van der Waals surface area contributed by atoms with E-state index in [4.69, 9.17) is 0 Å². The van der Waals surface area contributed by atoms with E-state index >= 15 is 0 Å². The zero-order chi connectivity index (χ0) is 7.84. The Bertz CT molecular complexity index is 288. The van der Waals surface area contributed by atoms with Crippen molar-refractivity contribution in [3.05, 3.63) is 21.5 Å². The second-order valence-corrected chi connectivity index (χ2v) is 4.74. The summed E-state index contributed by atoms with van der Waals surface area (Å²) in [4.78, 5) is 4.24. The van der Waals surface area contributed by atoms with Crippen LogP contribution in [0.25, 0.3) is 0 Å². The SMILES string of the molecule is Ic1cc2c(cn1)N(I)CC2. The first-order chi connectivity index (χ1) is 5.27. The molecule has 2 heterocycles. The largest absolute Gasteiger partial charge is 0.313 e. The standard InChI is InChI=1S/C7H6I2N2/c8-7-3-5-1-2-11(9)6(5)4-10-7/h3-4H,1-2H2. The number of hydrogen-bond acceptors (Lipinski definition) is 2.